The van der Waals surface area contributed by atoms with Crippen molar-refractivity contribution in [2.45, 2.75) is 57.4 Å². The summed E-state index contributed by atoms with van der Waals surface area (Å²) in [7, 11) is 1.35. The van der Waals surface area contributed by atoms with Crippen molar-refractivity contribution < 1.29 is 40.7 Å². The molecule has 3 amide bonds. The Morgan fingerprint density at radius 3 is 1.93 bits per heavy atom. The van der Waals surface area contributed by atoms with Gasteiger partial charge in [0.15, 0.2) is 0 Å². The molecule has 2 unspecified atom stereocenters. The number of piperidine rings is 2. The quantitative estimate of drug-likeness (QED) is 0.367. The highest BCUT2D eigenvalue weighted by atomic mass is 35.5. The van der Waals surface area contributed by atoms with Crippen LogP contribution in [0.3, 0.4) is 0 Å². The lowest BCUT2D eigenvalue weighted by molar-refractivity contribution is -0.143. The molecule has 0 radical (unpaired) electrons. The van der Waals surface area contributed by atoms with Gasteiger partial charge in [-0.2, -0.15) is 26.3 Å². The van der Waals surface area contributed by atoms with Gasteiger partial charge in [0.2, 0.25) is 11.8 Å². The van der Waals surface area contributed by atoms with Crippen molar-refractivity contribution in [3.05, 3.63) is 69.2 Å². The van der Waals surface area contributed by atoms with Gasteiger partial charge in [0.1, 0.15) is 0 Å². The van der Waals surface area contributed by atoms with Gasteiger partial charge in [-0.3, -0.25) is 14.4 Å². The highest BCUT2D eigenvalue weighted by molar-refractivity contribution is 6.31. The van der Waals surface area contributed by atoms with E-state index in [9.17, 15) is 40.7 Å². The minimum Gasteiger partial charge on any atom is -0.343 e. The van der Waals surface area contributed by atoms with Gasteiger partial charge in [0, 0.05) is 68.6 Å². The second-order valence-corrected chi connectivity index (χ2v) is 11.7. The molecule has 2 aliphatic rings. The Bertz CT molecular complexity index is 1360. The standard InChI is InChI=1S/C30H32ClF6N3O3/c1-17-4-5-20(14-25(17)31)24-16-40(28(43)19-6-9-39(10-7-19)18(2)41)11-8-26(24)38(3)27(42)21-12-22(29(32,33)34)15-23(13-21)30(35,36)37/h4-5,12-15,19,24,26H,6-11,16H2,1-3H3. The number of benzene rings is 2. The number of carbonyl (C=O) groups excluding carboxylic acids is 3. The molecule has 0 N–H and O–H groups in total. The van der Waals surface area contributed by atoms with Crippen molar-refractivity contribution in [1.82, 2.24) is 14.7 Å². The van der Waals surface area contributed by atoms with Gasteiger partial charge in [-0.1, -0.05) is 23.7 Å². The largest absolute Gasteiger partial charge is 0.416 e. The number of hydrogen-bond acceptors (Lipinski definition) is 3. The summed E-state index contributed by atoms with van der Waals surface area (Å²) in [6, 6.07) is 5.46. The second kappa shape index (κ2) is 12.4. The third kappa shape index (κ3) is 7.27. The van der Waals surface area contributed by atoms with Crippen LogP contribution in [-0.2, 0) is 21.9 Å². The van der Waals surface area contributed by atoms with Crippen LogP contribution in [0.2, 0.25) is 5.02 Å². The number of amides is 3. The number of likely N-dealkylation sites (N-methyl/N-ethyl adjacent to an activating group) is 1. The van der Waals surface area contributed by atoms with Gasteiger partial charge >= 0.3 is 12.4 Å². The number of halogens is 7. The minimum atomic E-state index is -5.09. The van der Waals surface area contributed by atoms with Crippen LogP contribution in [0.4, 0.5) is 26.3 Å². The summed E-state index contributed by atoms with van der Waals surface area (Å²) in [5, 5.41) is 0.443. The fraction of sp³-hybridized carbons (Fsp3) is 0.500. The number of carbonyl (C=O) groups is 3. The predicted octanol–water partition coefficient (Wildman–Crippen LogP) is 6.40. The molecule has 0 saturated carbocycles. The SMILES string of the molecule is CC(=O)N1CCC(C(=O)N2CCC(N(C)C(=O)c3cc(C(F)(F)F)cc(C(F)(F)F)c3)C(c3ccc(C)c(Cl)c3)C2)CC1. The molecule has 2 aromatic carbocycles. The normalized spacial score (nSPS) is 20.2. The molecule has 2 aromatic rings. The van der Waals surface area contributed by atoms with Crippen molar-refractivity contribution in [1.29, 1.82) is 0 Å². The molecule has 2 fully saturated rings. The number of rotatable bonds is 4. The van der Waals surface area contributed by atoms with E-state index in [4.69, 9.17) is 11.6 Å². The minimum absolute atomic E-state index is 0.0150. The van der Waals surface area contributed by atoms with Crippen LogP contribution in [0.15, 0.2) is 36.4 Å². The fourth-order valence-electron chi connectivity index (χ4n) is 5.90. The monoisotopic (exact) mass is 631 g/mol. The molecule has 0 aromatic heterocycles. The molecule has 234 valence electrons. The second-order valence-electron chi connectivity index (χ2n) is 11.2. The zero-order valence-electron chi connectivity index (χ0n) is 23.9. The van der Waals surface area contributed by atoms with E-state index < -0.39 is 46.9 Å². The average molecular weight is 632 g/mol. The van der Waals surface area contributed by atoms with Crippen LogP contribution >= 0.6 is 11.6 Å². The first kappa shape index (κ1) is 32.6. The number of nitrogens with zero attached hydrogens (tertiary/aromatic N) is 3. The van der Waals surface area contributed by atoms with Crippen molar-refractivity contribution in [3.8, 4) is 0 Å². The van der Waals surface area contributed by atoms with Crippen LogP contribution in [0.1, 0.15) is 64.7 Å². The summed E-state index contributed by atoms with van der Waals surface area (Å²) in [6.45, 7) is 4.62. The summed E-state index contributed by atoms with van der Waals surface area (Å²) in [6.07, 6.45) is -8.93. The highest BCUT2D eigenvalue weighted by Gasteiger charge is 2.41. The Kier molecular flexibility index (Phi) is 9.39. The van der Waals surface area contributed by atoms with Gasteiger partial charge in [-0.05, 0) is 61.6 Å². The van der Waals surface area contributed by atoms with Gasteiger partial charge < -0.3 is 14.7 Å². The van der Waals surface area contributed by atoms with Crippen LogP contribution in [0, 0.1) is 12.8 Å². The summed E-state index contributed by atoms with van der Waals surface area (Å²) in [5.41, 5.74) is -2.41. The van der Waals surface area contributed by atoms with Crippen LogP contribution < -0.4 is 0 Å². The number of alkyl halides is 6. The van der Waals surface area contributed by atoms with Crippen LogP contribution in [0.5, 0.6) is 0 Å². The van der Waals surface area contributed by atoms with E-state index in [2.05, 4.69) is 0 Å². The molecule has 13 heteroatoms. The first-order valence-electron chi connectivity index (χ1n) is 13.8. The summed E-state index contributed by atoms with van der Waals surface area (Å²) < 4.78 is 80.9. The Balaban J connectivity index is 1.63. The Morgan fingerprint density at radius 2 is 1.42 bits per heavy atom. The Hall–Kier alpha value is -3.28. The van der Waals surface area contributed by atoms with Gasteiger partial charge in [0.05, 0.1) is 11.1 Å². The van der Waals surface area contributed by atoms with Gasteiger partial charge in [-0.15, -0.1) is 0 Å². The maximum Gasteiger partial charge on any atom is 0.416 e. The van der Waals surface area contributed by atoms with Gasteiger partial charge in [0.25, 0.3) is 5.91 Å². The van der Waals surface area contributed by atoms with Crippen LogP contribution in [-0.4, -0.2) is 71.7 Å². The lowest BCUT2D eigenvalue weighted by Gasteiger charge is -2.44. The third-order valence-electron chi connectivity index (χ3n) is 8.45. The topological polar surface area (TPSA) is 60.9 Å². The molecule has 0 aliphatic carbocycles. The van der Waals surface area contributed by atoms with Crippen molar-refractivity contribution >= 4 is 29.3 Å². The van der Waals surface area contributed by atoms with E-state index in [1.807, 2.05) is 0 Å². The molecular formula is C30H32ClF6N3O3. The zero-order chi connectivity index (χ0) is 31.9. The van der Waals surface area contributed by atoms with E-state index in [1.165, 1.54) is 18.9 Å². The summed E-state index contributed by atoms with van der Waals surface area (Å²) in [4.78, 5) is 43.3. The van der Waals surface area contributed by atoms with Crippen LogP contribution in [0.25, 0.3) is 0 Å². The molecular weight excluding hydrogens is 600 g/mol. The van der Waals surface area contributed by atoms with E-state index in [1.54, 1.807) is 34.9 Å². The number of likely N-dealkylation sites (tertiary alicyclic amines) is 2. The molecule has 0 bridgehead atoms. The van der Waals surface area contributed by atoms with E-state index >= 15 is 0 Å². The smallest absolute Gasteiger partial charge is 0.343 e. The highest BCUT2D eigenvalue weighted by Crippen LogP contribution is 2.38. The molecule has 4 rings (SSSR count). The molecule has 43 heavy (non-hydrogen) atoms. The average Bonchev–Trinajstić information content (AvgIpc) is 2.96. The van der Waals surface area contributed by atoms with Gasteiger partial charge in [-0.25, -0.2) is 0 Å². The van der Waals surface area contributed by atoms with E-state index in [0.29, 0.717) is 48.6 Å². The van der Waals surface area contributed by atoms with E-state index in [-0.39, 0.29) is 43.3 Å². The Labute approximate surface area is 250 Å². The first-order valence-corrected chi connectivity index (χ1v) is 14.2. The maximum absolute atomic E-state index is 13.5. The molecule has 2 atom stereocenters. The summed E-state index contributed by atoms with van der Waals surface area (Å²) in [5.74, 6) is -1.96. The molecule has 2 heterocycles. The zero-order valence-corrected chi connectivity index (χ0v) is 24.6. The molecule has 0 spiro atoms. The summed E-state index contributed by atoms with van der Waals surface area (Å²) >= 11 is 6.39. The number of hydrogen-bond donors (Lipinski definition) is 0. The lowest BCUT2D eigenvalue weighted by atomic mass is 9.83. The van der Waals surface area contributed by atoms with E-state index in [0.717, 1.165) is 5.56 Å². The molecule has 6 nitrogen and oxygen atoms in total. The van der Waals surface area contributed by atoms with Crippen molar-refractivity contribution in [2.24, 2.45) is 5.92 Å². The number of aryl methyl sites for hydroxylation is 1. The predicted molar refractivity (Wildman–Crippen MR) is 147 cm³/mol. The Morgan fingerprint density at radius 1 is 0.860 bits per heavy atom. The molecule has 2 aliphatic heterocycles. The van der Waals surface area contributed by atoms with Crippen molar-refractivity contribution in [2.75, 3.05) is 33.2 Å². The van der Waals surface area contributed by atoms with Crippen molar-refractivity contribution in [3.63, 3.8) is 0 Å². The third-order valence-corrected chi connectivity index (χ3v) is 8.86. The lowest BCUT2D eigenvalue weighted by Crippen LogP contribution is -2.53. The first-order chi connectivity index (χ1) is 20.0. The fourth-order valence-corrected chi connectivity index (χ4v) is 6.09. The molecule has 2 saturated heterocycles. The maximum atomic E-state index is 13.5.